The third-order valence-corrected chi connectivity index (χ3v) is 3.11. The van der Waals surface area contributed by atoms with Crippen molar-refractivity contribution in [2.75, 3.05) is 19.5 Å². The van der Waals surface area contributed by atoms with Crippen molar-refractivity contribution >= 4 is 11.7 Å². The monoisotopic (exact) mass is 291 g/mol. The molecular weight excluding hydrogens is 274 g/mol. The largest absolute Gasteiger partial charge is 0.497 e. The Balaban J connectivity index is 2.14. The molecule has 0 aliphatic rings. The molecule has 0 fully saturated rings. The first-order valence-corrected chi connectivity index (χ1v) is 6.33. The Morgan fingerprint density at radius 3 is 2.62 bits per heavy atom. The van der Waals surface area contributed by atoms with Gasteiger partial charge in [0, 0.05) is 18.2 Å². The van der Waals surface area contributed by atoms with Crippen LogP contribution in [0, 0.1) is 6.92 Å². The van der Waals surface area contributed by atoms with Gasteiger partial charge < -0.3 is 24.3 Å². The minimum absolute atomic E-state index is 0.0639. The summed E-state index contributed by atoms with van der Waals surface area (Å²) in [4.78, 5) is 10.9. The molecule has 1 heterocycles. The number of benzene rings is 1. The lowest BCUT2D eigenvalue weighted by Gasteiger charge is -2.12. The van der Waals surface area contributed by atoms with Crippen molar-refractivity contribution in [2.45, 2.75) is 13.5 Å². The van der Waals surface area contributed by atoms with E-state index in [1.165, 1.54) is 6.07 Å². The maximum atomic E-state index is 10.9. The predicted molar refractivity (Wildman–Crippen MR) is 77.3 cm³/mol. The number of aromatic carboxylic acids is 1. The van der Waals surface area contributed by atoms with Crippen LogP contribution in [0.15, 0.2) is 28.7 Å². The fraction of sp³-hybridized carbons (Fsp3) is 0.267. The van der Waals surface area contributed by atoms with E-state index in [9.17, 15) is 4.79 Å². The van der Waals surface area contributed by atoms with E-state index >= 15 is 0 Å². The average molecular weight is 291 g/mol. The van der Waals surface area contributed by atoms with Gasteiger partial charge in [-0.15, -0.1) is 0 Å². The summed E-state index contributed by atoms with van der Waals surface area (Å²) in [6, 6.07) is 6.94. The smallest absolute Gasteiger partial charge is 0.371 e. The summed E-state index contributed by atoms with van der Waals surface area (Å²) in [5.41, 5.74) is 1.57. The number of hydrogen-bond donors (Lipinski definition) is 2. The molecule has 2 rings (SSSR count). The second-order valence-corrected chi connectivity index (χ2v) is 4.42. The van der Waals surface area contributed by atoms with E-state index in [0.29, 0.717) is 23.8 Å². The van der Waals surface area contributed by atoms with E-state index in [-0.39, 0.29) is 5.76 Å². The van der Waals surface area contributed by atoms with Gasteiger partial charge in [-0.1, -0.05) is 0 Å². The first kappa shape index (κ1) is 14.8. The minimum Gasteiger partial charge on any atom is -0.497 e. The molecule has 0 amide bonds. The summed E-state index contributed by atoms with van der Waals surface area (Å²) >= 11 is 0. The number of rotatable bonds is 6. The van der Waals surface area contributed by atoms with Crippen molar-refractivity contribution in [1.29, 1.82) is 0 Å². The molecule has 0 bridgehead atoms. The van der Waals surface area contributed by atoms with E-state index in [1.807, 2.05) is 12.1 Å². The molecule has 112 valence electrons. The minimum atomic E-state index is -1.08. The van der Waals surface area contributed by atoms with Crippen LogP contribution in [0.4, 0.5) is 5.69 Å². The predicted octanol–water partition coefficient (Wildman–Crippen LogP) is 2.92. The van der Waals surface area contributed by atoms with Crippen LogP contribution in [0.3, 0.4) is 0 Å². The van der Waals surface area contributed by atoms with E-state index in [0.717, 1.165) is 11.3 Å². The Morgan fingerprint density at radius 1 is 1.29 bits per heavy atom. The third-order valence-electron chi connectivity index (χ3n) is 3.11. The average Bonchev–Trinajstić information content (AvgIpc) is 2.86. The lowest BCUT2D eigenvalue weighted by Crippen LogP contribution is -2.02. The molecular formula is C15H17NO5. The Morgan fingerprint density at radius 2 is 2.05 bits per heavy atom. The van der Waals surface area contributed by atoms with Gasteiger partial charge >= 0.3 is 5.97 Å². The number of ether oxygens (including phenoxy) is 2. The van der Waals surface area contributed by atoms with Crippen LogP contribution in [0.5, 0.6) is 11.5 Å². The SMILES string of the molecule is COc1ccc(NCc2cc(C(=O)O)oc2C)c(OC)c1. The van der Waals surface area contributed by atoms with Gasteiger partial charge in [0.2, 0.25) is 5.76 Å². The maximum Gasteiger partial charge on any atom is 0.371 e. The molecule has 6 heteroatoms. The van der Waals surface area contributed by atoms with Gasteiger partial charge in [-0.05, 0) is 25.1 Å². The van der Waals surface area contributed by atoms with Gasteiger partial charge in [-0.2, -0.15) is 0 Å². The van der Waals surface area contributed by atoms with Crippen LogP contribution >= 0.6 is 0 Å². The zero-order chi connectivity index (χ0) is 15.4. The third kappa shape index (κ3) is 3.28. The number of anilines is 1. The molecule has 0 saturated carbocycles. The number of carboxylic acid groups (broad SMARTS) is 1. The van der Waals surface area contributed by atoms with Crippen LogP contribution < -0.4 is 14.8 Å². The number of hydrogen-bond acceptors (Lipinski definition) is 5. The topological polar surface area (TPSA) is 80.9 Å². The highest BCUT2D eigenvalue weighted by Gasteiger charge is 2.13. The summed E-state index contributed by atoms with van der Waals surface area (Å²) < 4.78 is 15.6. The highest BCUT2D eigenvalue weighted by Crippen LogP contribution is 2.29. The van der Waals surface area contributed by atoms with Crippen LogP contribution in [0.2, 0.25) is 0 Å². The van der Waals surface area contributed by atoms with Crippen LogP contribution in [-0.4, -0.2) is 25.3 Å². The maximum absolute atomic E-state index is 10.9. The second-order valence-electron chi connectivity index (χ2n) is 4.42. The fourth-order valence-corrected chi connectivity index (χ4v) is 1.94. The van der Waals surface area contributed by atoms with Crippen molar-refractivity contribution in [1.82, 2.24) is 0 Å². The summed E-state index contributed by atoms with van der Waals surface area (Å²) in [7, 11) is 3.16. The van der Waals surface area contributed by atoms with Gasteiger partial charge in [0.05, 0.1) is 19.9 Å². The fourth-order valence-electron chi connectivity index (χ4n) is 1.94. The van der Waals surface area contributed by atoms with Gasteiger partial charge in [0.1, 0.15) is 17.3 Å². The molecule has 2 N–H and O–H groups in total. The van der Waals surface area contributed by atoms with Crippen molar-refractivity contribution in [3.05, 3.63) is 41.3 Å². The van der Waals surface area contributed by atoms with Crippen molar-refractivity contribution in [3.63, 3.8) is 0 Å². The summed E-state index contributed by atoms with van der Waals surface area (Å²) in [5.74, 6) is 0.781. The lowest BCUT2D eigenvalue weighted by molar-refractivity contribution is 0.0661. The standard InChI is InChI=1S/C15H17NO5/c1-9-10(6-14(21-9)15(17)18)8-16-12-5-4-11(19-2)7-13(12)20-3/h4-7,16H,8H2,1-3H3,(H,17,18). The molecule has 0 aliphatic heterocycles. The number of carbonyl (C=O) groups is 1. The van der Waals surface area contributed by atoms with Crippen LogP contribution in [-0.2, 0) is 6.54 Å². The van der Waals surface area contributed by atoms with E-state index < -0.39 is 5.97 Å². The van der Waals surface area contributed by atoms with E-state index in [2.05, 4.69) is 5.32 Å². The molecule has 0 unspecified atom stereocenters. The Labute approximate surface area is 122 Å². The highest BCUT2D eigenvalue weighted by molar-refractivity contribution is 5.84. The number of nitrogens with one attached hydrogen (secondary N) is 1. The summed E-state index contributed by atoms with van der Waals surface area (Å²) in [5, 5.41) is 12.1. The van der Waals surface area contributed by atoms with E-state index in [1.54, 1.807) is 27.2 Å². The lowest BCUT2D eigenvalue weighted by atomic mass is 10.2. The molecule has 1 aromatic heterocycles. The van der Waals surface area contributed by atoms with E-state index in [4.69, 9.17) is 19.0 Å². The molecule has 0 spiro atoms. The first-order valence-electron chi connectivity index (χ1n) is 6.33. The molecule has 21 heavy (non-hydrogen) atoms. The first-order chi connectivity index (χ1) is 10.0. The molecule has 6 nitrogen and oxygen atoms in total. The second kappa shape index (κ2) is 6.21. The Hall–Kier alpha value is -2.63. The summed E-state index contributed by atoms with van der Waals surface area (Å²) in [6.45, 7) is 2.17. The summed E-state index contributed by atoms with van der Waals surface area (Å²) in [6.07, 6.45) is 0. The van der Waals surface area contributed by atoms with Crippen molar-refractivity contribution in [3.8, 4) is 11.5 Å². The zero-order valence-electron chi connectivity index (χ0n) is 12.1. The molecule has 2 aromatic rings. The number of methoxy groups -OCH3 is 2. The highest BCUT2D eigenvalue weighted by atomic mass is 16.5. The van der Waals surface area contributed by atoms with Crippen molar-refractivity contribution < 1.29 is 23.8 Å². The molecule has 1 aromatic carbocycles. The molecule has 0 atom stereocenters. The number of carboxylic acids is 1. The van der Waals surface area contributed by atoms with Gasteiger partial charge in [0.25, 0.3) is 0 Å². The quantitative estimate of drug-likeness (QED) is 0.851. The van der Waals surface area contributed by atoms with Crippen molar-refractivity contribution in [2.24, 2.45) is 0 Å². The molecule has 0 aliphatic carbocycles. The van der Waals surface area contributed by atoms with Gasteiger partial charge in [-0.25, -0.2) is 4.79 Å². The number of furan rings is 1. The molecule has 0 saturated heterocycles. The zero-order valence-corrected chi connectivity index (χ0v) is 12.1. The Bertz CT molecular complexity index is 648. The normalized spacial score (nSPS) is 10.2. The molecule has 0 radical (unpaired) electrons. The Kier molecular flexibility index (Phi) is 4.37. The van der Waals surface area contributed by atoms with Crippen LogP contribution in [0.1, 0.15) is 21.9 Å². The van der Waals surface area contributed by atoms with Crippen LogP contribution in [0.25, 0.3) is 0 Å². The van der Waals surface area contributed by atoms with Gasteiger partial charge in [-0.3, -0.25) is 0 Å². The number of aryl methyl sites for hydroxylation is 1. The van der Waals surface area contributed by atoms with Gasteiger partial charge in [0.15, 0.2) is 0 Å².